The van der Waals surface area contributed by atoms with E-state index in [1.165, 1.54) is 28.5 Å². The highest BCUT2D eigenvalue weighted by Crippen LogP contribution is 2.23. The van der Waals surface area contributed by atoms with E-state index in [1.807, 2.05) is 24.3 Å². The van der Waals surface area contributed by atoms with Gasteiger partial charge in [0.25, 0.3) is 5.56 Å². The van der Waals surface area contributed by atoms with Gasteiger partial charge in [-0.25, -0.2) is 9.37 Å². The van der Waals surface area contributed by atoms with Crippen molar-refractivity contribution in [2.45, 2.75) is 11.7 Å². The standard InChI is InChI=1S/C23H17BrFN3O2S/c24-18-6-2-4-8-20(18)26-21(29)14-31-23-27-19-7-3-1-5-17(19)22(30)28(23)13-15-9-11-16(25)12-10-15/h1-12H,13-14H2,(H,26,29). The normalized spacial score (nSPS) is 10.9. The summed E-state index contributed by atoms with van der Waals surface area (Å²) in [7, 11) is 0. The number of carbonyl (C=O) groups is 1. The van der Waals surface area contributed by atoms with Crippen molar-refractivity contribution in [3.8, 4) is 0 Å². The fourth-order valence-corrected chi connectivity index (χ4v) is 4.23. The molecule has 0 saturated carbocycles. The molecule has 0 aliphatic heterocycles. The highest BCUT2D eigenvalue weighted by molar-refractivity contribution is 9.10. The lowest BCUT2D eigenvalue weighted by Crippen LogP contribution is -2.25. The van der Waals surface area contributed by atoms with Crippen LogP contribution in [0, 0.1) is 5.82 Å². The first-order valence-electron chi connectivity index (χ1n) is 9.42. The molecule has 8 heteroatoms. The van der Waals surface area contributed by atoms with E-state index < -0.39 is 0 Å². The molecule has 0 saturated heterocycles. The van der Waals surface area contributed by atoms with E-state index >= 15 is 0 Å². The van der Waals surface area contributed by atoms with Gasteiger partial charge in [-0.1, -0.05) is 48.2 Å². The molecule has 5 nitrogen and oxygen atoms in total. The number of halogens is 2. The Labute approximate surface area is 190 Å². The van der Waals surface area contributed by atoms with Gasteiger partial charge in [-0.2, -0.15) is 0 Å². The second kappa shape index (κ2) is 9.45. The molecule has 1 N–H and O–H groups in total. The first-order chi connectivity index (χ1) is 15.0. The predicted octanol–water partition coefficient (Wildman–Crippen LogP) is 5.08. The molecule has 4 rings (SSSR count). The number of nitrogens with one attached hydrogen (secondary N) is 1. The predicted molar refractivity (Wildman–Crippen MR) is 125 cm³/mol. The Hall–Kier alpha value is -2.97. The Morgan fingerprint density at radius 3 is 2.52 bits per heavy atom. The second-order valence-corrected chi connectivity index (χ2v) is 8.54. The van der Waals surface area contributed by atoms with Gasteiger partial charge in [0.2, 0.25) is 5.91 Å². The van der Waals surface area contributed by atoms with Crippen molar-refractivity contribution in [2.24, 2.45) is 0 Å². The number of fused-ring (bicyclic) bond motifs is 1. The number of thioether (sulfide) groups is 1. The number of aromatic nitrogens is 2. The van der Waals surface area contributed by atoms with Gasteiger partial charge >= 0.3 is 0 Å². The van der Waals surface area contributed by atoms with Gasteiger partial charge in [-0.15, -0.1) is 0 Å². The van der Waals surface area contributed by atoms with Crippen LogP contribution in [-0.4, -0.2) is 21.2 Å². The van der Waals surface area contributed by atoms with Crippen LogP contribution in [-0.2, 0) is 11.3 Å². The molecule has 0 fully saturated rings. The van der Waals surface area contributed by atoms with Gasteiger partial charge in [0.15, 0.2) is 5.16 Å². The van der Waals surface area contributed by atoms with Crippen LogP contribution in [0.5, 0.6) is 0 Å². The van der Waals surface area contributed by atoms with Crippen molar-refractivity contribution in [1.82, 2.24) is 9.55 Å². The molecule has 0 aliphatic carbocycles. The topological polar surface area (TPSA) is 64.0 Å². The quantitative estimate of drug-likeness (QED) is 0.298. The van der Waals surface area contributed by atoms with Crippen LogP contribution < -0.4 is 10.9 Å². The molecular weight excluding hydrogens is 481 g/mol. The molecule has 0 atom stereocenters. The Balaban J connectivity index is 1.62. The highest BCUT2D eigenvalue weighted by atomic mass is 79.9. The maximum atomic E-state index is 13.3. The zero-order valence-electron chi connectivity index (χ0n) is 16.2. The lowest BCUT2D eigenvalue weighted by atomic mass is 10.2. The third kappa shape index (κ3) is 5.03. The van der Waals surface area contributed by atoms with Crippen LogP contribution in [0.1, 0.15) is 5.56 Å². The second-order valence-electron chi connectivity index (χ2n) is 6.75. The molecule has 4 aromatic rings. The summed E-state index contributed by atoms with van der Waals surface area (Å²) in [5.74, 6) is -0.478. The van der Waals surface area contributed by atoms with Crippen LogP contribution in [0.15, 0.2) is 87.2 Å². The fraction of sp³-hybridized carbons (Fsp3) is 0.0870. The third-order valence-electron chi connectivity index (χ3n) is 4.56. The van der Waals surface area contributed by atoms with E-state index in [9.17, 15) is 14.0 Å². The minimum absolute atomic E-state index is 0.0789. The number of hydrogen-bond donors (Lipinski definition) is 1. The number of anilines is 1. The summed E-state index contributed by atoms with van der Waals surface area (Å²) in [6, 6.07) is 20.4. The number of rotatable bonds is 6. The number of nitrogens with zero attached hydrogens (tertiary/aromatic N) is 2. The molecule has 3 aromatic carbocycles. The van der Waals surface area contributed by atoms with Gasteiger partial charge in [-0.3, -0.25) is 14.2 Å². The van der Waals surface area contributed by atoms with Crippen molar-refractivity contribution in [1.29, 1.82) is 0 Å². The van der Waals surface area contributed by atoms with Gasteiger partial charge in [0, 0.05) is 4.47 Å². The van der Waals surface area contributed by atoms with Gasteiger partial charge in [0.05, 0.1) is 28.9 Å². The zero-order valence-corrected chi connectivity index (χ0v) is 18.6. The lowest BCUT2D eigenvalue weighted by molar-refractivity contribution is -0.113. The molecule has 0 aliphatic rings. The van der Waals surface area contributed by atoms with Crippen molar-refractivity contribution in [3.05, 3.63) is 99.0 Å². The summed E-state index contributed by atoms with van der Waals surface area (Å²) >= 11 is 4.59. The average Bonchev–Trinajstić information content (AvgIpc) is 2.77. The van der Waals surface area contributed by atoms with Crippen LogP contribution >= 0.6 is 27.7 Å². The smallest absolute Gasteiger partial charge is 0.262 e. The lowest BCUT2D eigenvalue weighted by Gasteiger charge is -2.13. The summed E-state index contributed by atoms with van der Waals surface area (Å²) in [6.45, 7) is 0.227. The minimum Gasteiger partial charge on any atom is -0.324 e. The molecule has 0 bridgehead atoms. The Kier molecular flexibility index (Phi) is 6.48. The van der Waals surface area contributed by atoms with Crippen LogP contribution in [0.4, 0.5) is 10.1 Å². The molecule has 31 heavy (non-hydrogen) atoms. The van der Waals surface area contributed by atoms with Crippen molar-refractivity contribution < 1.29 is 9.18 Å². The molecule has 1 amide bonds. The first kappa shape index (κ1) is 21.3. The molecule has 0 unspecified atom stereocenters. The molecular formula is C23H17BrFN3O2S. The van der Waals surface area contributed by atoms with E-state index in [0.717, 1.165) is 10.0 Å². The largest absolute Gasteiger partial charge is 0.324 e. The van der Waals surface area contributed by atoms with Gasteiger partial charge in [0.1, 0.15) is 5.82 Å². The van der Waals surface area contributed by atoms with Crippen LogP contribution in [0.25, 0.3) is 10.9 Å². The number of benzene rings is 3. The van der Waals surface area contributed by atoms with E-state index in [-0.39, 0.29) is 29.6 Å². The van der Waals surface area contributed by atoms with Crippen LogP contribution in [0.3, 0.4) is 0 Å². The van der Waals surface area contributed by atoms with Gasteiger partial charge < -0.3 is 5.32 Å². The Bertz CT molecular complexity index is 1310. The Morgan fingerprint density at radius 2 is 1.74 bits per heavy atom. The first-order valence-corrected chi connectivity index (χ1v) is 11.2. The average molecular weight is 498 g/mol. The fourth-order valence-electron chi connectivity index (χ4n) is 3.05. The molecule has 0 radical (unpaired) electrons. The van der Waals surface area contributed by atoms with E-state index in [2.05, 4.69) is 26.2 Å². The maximum Gasteiger partial charge on any atom is 0.262 e. The molecule has 1 aromatic heterocycles. The maximum absolute atomic E-state index is 13.3. The summed E-state index contributed by atoms with van der Waals surface area (Å²) in [5.41, 5.74) is 1.79. The minimum atomic E-state index is -0.342. The van der Waals surface area contributed by atoms with Crippen molar-refractivity contribution >= 4 is 50.2 Å². The summed E-state index contributed by atoms with van der Waals surface area (Å²) < 4.78 is 15.6. The summed E-state index contributed by atoms with van der Waals surface area (Å²) in [4.78, 5) is 30.2. The van der Waals surface area contributed by atoms with Gasteiger partial charge in [-0.05, 0) is 57.9 Å². The molecule has 1 heterocycles. The third-order valence-corrected chi connectivity index (χ3v) is 6.23. The summed E-state index contributed by atoms with van der Waals surface area (Å²) in [6.07, 6.45) is 0. The SMILES string of the molecule is O=C(CSc1nc2ccccc2c(=O)n1Cc1ccc(F)cc1)Nc1ccccc1Br. The highest BCUT2D eigenvalue weighted by Gasteiger charge is 2.14. The number of hydrogen-bond acceptors (Lipinski definition) is 4. The van der Waals surface area contributed by atoms with E-state index in [0.29, 0.717) is 21.7 Å². The van der Waals surface area contributed by atoms with E-state index in [1.54, 1.807) is 36.4 Å². The number of amides is 1. The monoisotopic (exact) mass is 497 g/mol. The van der Waals surface area contributed by atoms with Crippen LogP contribution in [0.2, 0.25) is 0 Å². The van der Waals surface area contributed by atoms with Crippen molar-refractivity contribution in [2.75, 3.05) is 11.1 Å². The summed E-state index contributed by atoms with van der Waals surface area (Å²) in [5, 5.41) is 3.76. The Morgan fingerprint density at radius 1 is 1.03 bits per heavy atom. The zero-order chi connectivity index (χ0) is 21.8. The molecule has 156 valence electrons. The van der Waals surface area contributed by atoms with E-state index in [4.69, 9.17) is 0 Å². The van der Waals surface area contributed by atoms with Crippen molar-refractivity contribution in [3.63, 3.8) is 0 Å². The number of para-hydroxylation sites is 2. The molecule has 0 spiro atoms. The number of carbonyl (C=O) groups excluding carboxylic acids is 1.